The van der Waals surface area contributed by atoms with Gasteiger partial charge in [0, 0.05) is 13.1 Å². The number of hydrogen-bond acceptors (Lipinski definition) is 8. The molecule has 0 radical (unpaired) electrons. The summed E-state index contributed by atoms with van der Waals surface area (Å²) in [6.45, 7) is 0.120. The van der Waals surface area contributed by atoms with Crippen LogP contribution in [-0.4, -0.2) is 28.4 Å². The van der Waals surface area contributed by atoms with E-state index >= 15 is 0 Å². The van der Waals surface area contributed by atoms with E-state index in [-0.39, 0.29) is 69.4 Å². The molecule has 0 spiro atoms. The first-order valence-electron chi connectivity index (χ1n) is 8.19. The van der Waals surface area contributed by atoms with Gasteiger partial charge in [-0.2, -0.15) is 0 Å². The summed E-state index contributed by atoms with van der Waals surface area (Å²) in [6.07, 6.45) is 1.45. The van der Waals surface area contributed by atoms with Crippen LogP contribution in [0.25, 0.3) is 0 Å². The van der Waals surface area contributed by atoms with Crippen LogP contribution in [-0.2, 0) is 26.7 Å². The Hall–Kier alpha value is -1.22. The number of furan rings is 1. The Morgan fingerprint density at radius 1 is 1.03 bits per heavy atom. The molecule has 0 unspecified atom stereocenters. The minimum atomic E-state index is -5.03. The van der Waals surface area contributed by atoms with Crippen molar-refractivity contribution in [3.05, 3.63) is 66.6 Å². The molecule has 0 amide bonds. The number of nitrogens with zero attached hydrogens (tertiary/aromatic N) is 1. The average molecular weight is 477 g/mol. The molecule has 2 N–H and O–H groups in total. The summed E-state index contributed by atoms with van der Waals surface area (Å²) in [4.78, 5) is 0.0657. The van der Waals surface area contributed by atoms with Gasteiger partial charge in [0.05, 0.1) is 23.4 Å². The molecule has 0 aliphatic rings. The van der Waals surface area contributed by atoms with E-state index in [9.17, 15) is 21.4 Å². The zero-order valence-electron chi connectivity index (χ0n) is 16.2. The zero-order valence-corrected chi connectivity index (χ0v) is 20.9. The van der Waals surface area contributed by atoms with Crippen molar-refractivity contribution >= 4 is 25.8 Å². The maximum absolute atomic E-state index is 12.0. The summed E-state index contributed by atoms with van der Waals surface area (Å²) in [5, 5.41) is 5.23. The van der Waals surface area contributed by atoms with E-state index in [1.807, 2.05) is 0 Å². The van der Waals surface area contributed by atoms with E-state index in [0.717, 1.165) is 6.07 Å². The van der Waals surface area contributed by atoms with Crippen LogP contribution < -0.4 is 66.2 Å². The summed E-state index contributed by atoms with van der Waals surface area (Å²) in [6, 6.07) is 13.4. The summed E-state index contributed by atoms with van der Waals surface area (Å²) < 4.78 is 70.4. The summed E-state index contributed by atoms with van der Waals surface area (Å²) in [5.74, 6) is 0.588. The van der Waals surface area contributed by atoms with Crippen LogP contribution in [0.4, 0.5) is 5.69 Å². The number of sulfonamides is 1. The second kappa shape index (κ2) is 9.93. The summed E-state index contributed by atoms with van der Waals surface area (Å²) in [7, 11) is -7.90. The first kappa shape index (κ1) is 25.0. The number of benzene rings is 2. The van der Waals surface area contributed by atoms with Crippen molar-refractivity contribution in [2.45, 2.75) is 16.3 Å². The van der Waals surface area contributed by atoms with Crippen LogP contribution in [0.1, 0.15) is 5.76 Å². The molecule has 0 saturated carbocycles. The van der Waals surface area contributed by atoms with Gasteiger partial charge in [-0.25, -0.2) is 22.0 Å². The molecule has 0 saturated heterocycles. The molecule has 12 heteroatoms. The molecule has 1 aromatic heterocycles. The average Bonchev–Trinajstić information content (AvgIpc) is 3.13. The second-order valence-corrected chi connectivity index (χ2v) is 8.99. The van der Waals surface area contributed by atoms with Crippen molar-refractivity contribution in [3.63, 3.8) is 0 Å². The van der Waals surface area contributed by atoms with Gasteiger partial charge < -0.3 is 18.6 Å². The van der Waals surface area contributed by atoms with Gasteiger partial charge in [0.2, 0.25) is 10.0 Å². The van der Waals surface area contributed by atoms with Crippen molar-refractivity contribution in [2.75, 3.05) is 11.9 Å². The molecule has 154 valence electrons. The fraction of sp³-hybridized carbons (Fsp3) is 0.111. The van der Waals surface area contributed by atoms with Crippen molar-refractivity contribution in [1.82, 2.24) is 0 Å². The van der Waals surface area contributed by atoms with Crippen molar-refractivity contribution in [2.24, 2.45) is 5.14 Å². The molecule has 0 bridgehead atoms. The third-order valence-electron chi connectivity index (χ3n) is 3.96. The second-order valence-electron chi connectivity index (χ2n) is 6.12. The standard InChI is InChI=1S/C18H18N2O7S2.K/c1-20(12-14-8-5-9-26-14)15-10-16(27-13-6-3-2-4-7-13)18(28(19,21)22)11-17(15)29(23,24)25;/h2-11H,12H2,1H3,(H2,19,21,22)(H,23,24,25);/q;+1/p-1. The number of ether oxygens (including phenoxy) is 1. The molecule has 0 aliphatic heterocycles. The fourth-order valence-corrected chi connectivity index (χ4v) is 4.14. The number of para-hydroxylation sites is 1. The molecular formula is C18H17KN2O7S2. The molecular weight excluding hydrogens is 459 g/mol. The van der Waals surface area contributed by atoms with Crippen LogP contribution in [0.2, 0.25) is 0 Å². The normalized spacial score (nSPS) is 11.6. The van der Waals surface area contributed by atoms with E-state index < -0.39 is 29.9 Å². The third-order valence-corrected chi connectivity index (χ3v) is 5.75. The zero-order chi connectivity index (χ0) is 21.2. The number of nitrogens with two attached hydrogens (primary N) is 1. The van der Waals surface area contributed by atoms with Gasteiger partial charge in [-0.05, 0) is 30.3 Å². The Bertz CT molecular complexity index is 1210. The molecule has 30 heavy (non-hydrogen) atoms. The van der Waals surface area contributed by atoms with E-state index in [4.69, 9.17) is 14.3 Å². The van der Waals surface area contributed by atoms with E-state index in [2.05, 4.69) is 0 Å². The molecule has 0 fully saturated rings. The number of primary sulfonamides is 1. The summed E-state index contributed by atoms with van der Waals surface area (Å²) >= 11 is 0. The molecule has 0 atom stereocenters. The molecule has 3 rings (SSSR count). The van der Waals surface area contributed by atoms with Gasteiger partial charge in [0.15, 0.2) is 0 Å². The Morgan fingerprint density at radius 3 is 2.23 bits per heavy atom. The van der Waals surface area contributed by atoms with Crippen molar-refractivity contribution in [1.29, 1.82) is 0 Å². The summed E-state index contributed by atoms with van der Waals surface area (Å²) in [5.41, 5.74) is -0.0604. The minimum Gasteiger partial charge on any atom is -0.744 e. The largest absolute Gasteiger partial charge is 1.00 e. The van der Waals surface area contributed by atoms with Gasteiger partial charge >= 0.3 is 51.4 Å². The van der Waals surface area contributed by atoms with Gasteiger partial charge in [0.1, 0.15) is 32.3 Å². The van der Waals surface area contributed by atoms with Gasteiger partial charge in [-0.3, -0.25) is 0 Å². The molecule has 2 aromatic carbocycles. The van der Waals surface area contributed by atoms with Crippen LogP contribution in [0.3, 0.4) is 0 Å². The minimum absolute atomic E-state index is 0. The van der Waals surface area contributed by atoms with E-state index in [1.165, 1.54) is 18.2 Å². The Morgan fingerprint density at radius 2 is 1.70 bits per heavy atom. The van der Waals surface area contributed by atoms with Crippen molar-refractivity contribution in [3.8, 4) is 11.5 Å². The third kappa shape index (κ3) is 6.15. The van der Waals surface area contributed by atoms with Crippen LogP contribution >= 0.6 is 0 Å². The predicted octanol–water partition coefficient (Wildman–Crippen LogP) is -0.736. The SMILES string of the molecule is CN(Cc1ccco1)c1cc(Oc2ccccc2)c(S(N)(=O)=O)cc1S(=O)(=O)[O-].[K+]. The van der Waals surface area contributed by atoms with E-state index in [1.54, 1.807) is 42.5 Å². The number of rotatable bonds is 7. The predicted molar refractivity (Wildman–Crippen MR) is 103 cm³/mol. The Kier molecular flexibility index (Phi) is 8.29. The first-order valence-corrected chi connectivity index (χ1v) is 11.1. The van der Waals surface area contributed by atoms with Gasteiger partial charge in [0.25, 0.3) is 0 Å². The monoisotopic (exact) mass is 476 g/mol. The molecule has 1 heterocycles. The molecule has 9 nitrogen and oxygen atoms in total. The van der Waals surface area contributed by atoms with Crippen LogP contribution in [0.15, 0.2) is 75.1 Å². The van der Waals surface area contributed by atoms with Gasteiger partial charge in [-0.15, -0.1) is 0 Å². The molecule has 3 aromatic rings. The van der Waals surface area contributed by atoms with Crippen molar-refractivity contribution < 1.29 is 81.9 Å². The van der Waals surface area contributed by atoms with Crippen LogP contribution in [0.5, 0.6) is 11.5 Å². The maximum atomic E-state index is 12.0. The Balaban J connectivity index is 0.00000320. The number of anilines is 1. The number of hydrogen-bond donors (Lipinski definition) is 1. The van der Waals surface area contributed by atoms with Crippen LogP contribution in [0, 0.1) is 0 Å². The topological polar surface area (TPSA) is 143 Å². The first-order chi connectivity index (χ1) is 13.6. The Labute approximate surface area is 217 Å². The fourth-order valence-electron chi connectivity index (χ4n) is 2.67. The maximum Gasteiger partial charge on any atom is 1.00 e. The molecule has 0 aliphatic carbocycles. The smallest absolute Gasteiger partial charge is 0.744 e. The van der Waals surface area contributed by atoms with Gasteiger partial charge in [-0.1, -0.05) is 18.2 Å². The van der Waals surface area contributed by atoms with E-state index in [0.29, 0.717) is 17.6 Å². The quantitative estimate of drug-likeness (QED) is 0.347.